The van der Waals surface area contributed by atoms with Crippen molar-refractivity contribution in [2.24, 2.45) is 0 Å². The number of aromatic amines is 1. The summed E-state index contributed by atoms with van der Waals surface area (Å²) >= 11 is 0. The zero-order chi connectivity index (χ0) is 16.1. The third-order valence-electron chi connectivity index (χ3n) is 3.94. The molecule has 0 unspecified atom stereocenters. The van der Waals surface area contributed by atoms with Crippen molar-refractivity contribution >= 4 is 5.82 Å². The molecule has 0 aliphatic heterocycles. The van der Waals surface area contributed by atoms with Crippen LogP contribution in [0.1, 0.15) is 51.3 Å². The molecule has 0 radical (unpaired) electrons. The quantitative estimate of drug-likeness (QED) is 0.861. The highest BCUT2D eigenvalue weighted by atomic mass is 16.2. The van der Waals surface area contributed by atoms with Crippen molar-refractivity contribution in [1.82, 2.24) is 9.55 Å². The highest BCUT2D eigenvalue weighted by Gasteiger charge is 2.13. The molecule has 0 fully saturated rings. The van der Waals surface area contributed by atoms with Gasteiger partial charge in [-0.25, -0.2) is 4.79 Å². The van der Waals surface area contributed by atoms with Crippen molar-refractivity contribution in [3.8, 4) is 0 Å². The maximum absolute atomic E-state index is 12.2. The first kappa shape index (κ1) is 16.1. The van der Waals surface area contributed by atoms with E-state index < -0.39 is 0 Å². The first-order valence-electron chi connectivity index (χ1n) is 7.74. The van der Waals surface area contributed by atoms with Gasteiger partial charge in [0.25, 0.3) is 5.56 Å². The fraction of sp³-hybridized carbons (Fsp3) is 0.412. The molecule has 1 heterocycles. The standard InChI is InChI=1S/C17H23N3O2/c1-4-14(5-2)20-16(21)11-15(19-17(20)22)18-12(3)13-9-7-6-8-10-13/h6-12,14,18H,4-5H2,1-3H3,(H,19,22)/t12-/m0/s1. The Hall–Kier alpha value is -2.30. The first-order valence-corrected chi connectivity index (χ1v) is 7.74. The molecule has 0 aliphatic rings. The molecule has 2 aromatic rings. The van der Waals surface area contributed by atoms with Crippen LogP contribution < -0.4 is 16.6 Å². The zero-order valence-electron chi connectivity index (χ0n) is 13.3. The Morgan fingerprint density at radius 2 is 1.77 bits per heavy atom. The summed E-state index contributed by atoms with van der Waals surface area (Å²) in [6.45, 7) is 5.94. The molecule has 22 heavy (non-hydrogen) atoms. The minimum Gasteiger partial charge on any atom is -0.365 e. The van der Waals surface area contributed by atoms with Gasteiger partial charge in [-0.15, -0.1) is 0 Å². The maximum Gasteiger partial charge on any atom is 0.330 e. The predicted octanol–water partition coefficient (Wildman–Crippen LogP) is 3.07. The van der Waals surface area contributed by atoms with Crippen LogP contribution in [0.25, 0.3) is 0 Å². The summed E-state index contributed by atoms with van der Waals surface area (Å²) in [6, 6.07) is 11.3. The van der Waals surface area contributed by atoms with Crippen molar-refractivity contribution in [2.75, 3.05) is 5.32 Å². The van der Waals surface area contributed by atoms with E-state index in [1.165, 1.54) is 10.6 Å². The number of H-pyrrole nitrogens is 1. The van der Waals surface area contributed by atoms with Gasteiger partial charge in [-0.05, 0) is 25.3 Å². The lowest BCUT2D eigenvalue weighted by molar-refractivity contribution is 0.439. The van der Waals surface area contributed by atoms with Gasteiger partial charge in [0.1, 0.15) is 5.82 Å². The number of aromatic nitrogens is 2. The molecule has 118 valence electrons. The molecule has 5 heteroatoms. The van der Waals surface area contributed by atoms with Gasteiger partial charge in [0.2, 0.25) is 0 Å². The van der Waals surface area contributed by atoms with Crippen molar-refractivity contribution in [1.29, 1.82) is 0 Å². The number of nitrogens with one attached hydrogen (secondary N) is 2. The van der Waals surface area contributed by atoms with Crippen molar-refractivity contribution < 1.29 is 0 Å². The van der Waals surface area contributed by atoms with E-state index in [-0.39, 0.29) is 23.3 Å². The van der Waals surface area contributed by atoms with Crippen LogP contribution in [-0.2, 0) is 0 Å². The smallest absolute Gasteiger partial charge is 0.330 e. The van der Waals surface area contributed by atoms with Crippen LogP contribution in [0.3, 0.4) is 0 Å². The fourth-order valence-corrected chi connectivity index (χ4v) is 2.64. The van der Waals surface area contributed by atoms with E-state index in [0.29, 0.717) is 5.82 Å². The minimum atomic E-state index is -0.357. The summed E-state index contributed by atoms with van der Waals surface area (Å²) in [7, 11) is 0. The third-order valence-corrected chi connectivity index (χ3v) is 3.94. The van der Waals surface area contributed by atoms with Crippen LogP contribution >= 0.6 is 0 Å². The van der Waals surface area contributed by atoms with Crippen LogP contribution in [0.4, 0.5) is 5.82 Å². The molecule has 1 aromatic heterocycles. The predicted molar refractivity (Wildman–Crippen MR) is 89.4 cm³/mol. The lowest BCUT2D eigenvalue weighted by atomic mass is 10.1. The van der Waals surface area contributed by atoms with Crippen LogP contribution in [0.2, 0.25) is 0 Å². The summed E-state index contributed by atoms with van der Waals surface area (Å²) in [5.74, 6) is 0.452. The Morgan fingerprint density at radius 3 is 2.32 bits per heavy atom. The second-order valence-electron chi connectivity index (χ2n) is 5.44. The number of rotatable bonds is 6. The number of nitrogens with zero attached hydrogens (tertiary/aromatic N) is 1. The average molecular weight is 301 g/mol. The lowest BCUT2D eigenvalue weighted by Crippen LogP contribution is -2.38. The second kappa shape index (κ2) is 7.11. The van der Waals surface area contributed by atoms with Gasteiger partial charge < -0.3 is 5.32 Å². The molecule has 0 aliphatic carbocycles. The molecule has 0 saturated heterocycles. The molecular formula is C17H23N3O2. The monoisotopic (exact) mass is 301 g/mol. The van der Waals surface area contributed by atoms with Gasteiger partial charge in [0, 0.05) is 18.2 Å². The molecule has 0 saturated carbocycles. The Labute approximate surface area is 130 Å². The zero-order valence-corrected chi connectivity index (χ0v) is 13.3. The van der Waals surface area contributed by atoms with Gasteiger partial charge in [-0.3, -0.25) is 14.3 Å². The van der Waals surface area contributed by atoms with Crippen LogP contribution in [0.15, 0.2) is 46.0 Å². The molecular weight excluding hydrogens is 278 g/mol. The Bertz CT molecular complexity index is 683. The Kier molecular flexibility index (Phi) is 5.20. The van der Waals surface area contributed by atoms with Crippen molar-refractivity contribution in [2.45, 2.75) is 45.7 Å². The third kappa shape index (κ3) is 3.47. The van der Waals surface area contributed by atoms with Crippen molar-refractivity contribution in [3.63, 3.8) is 0 Å². The SMILES string of the molecule is CCC(CC)n1c(=O)cc(N[C@@H](C)c2ccccc2)[nH]c1=O. The number of benzene rings is 1. The average Bonchev–Trinajstić information content (AvgIpc) is 2.51. The Morgan fingerprint density at radius 1 is 1.14 bits per heavy atom. The minimum absolute atomic E-state index is 0.000229. The van der Waals surface area contributed by atoms with Crippen LogP contribution in [0, 0.1) is 0 Å². The van der Waals surface area contributed by atoms with E-state index in [2.05, 4.69) is 10.3 Å². The Balaban J connectivity index is 2.28. The lowest BCUT2D eigenvalue weighted by Gasteiger charge is -2.18. The van der Waals surface area contributed by atoms with Crippen molar-refractivity contribution in [3.05, 3.63) is 62.8 Å². The molecule has 1 atom stereocenters. The molecule has 0 spiro atoms. The topological polar surface area (TPSA) is 66.9 Å². The van der Waals surface area contributed by atoms with Gasteiger partial charge in [0.15, 0.2) is 0 Å². The van der Waals surface area contributed by atoms with E-state index in [4.69, 9.17) is 0 Å². The van der Waals surface area contributed by atoms with Gasteiger partial charge in [-0.2, -0.15) is 0 Å². The molecule has 2 rings (SSSR count). The number of hydrogen-bond donors (Lipinski definition) is 2. The highest BCUT2D eigenvalue weighted by molar-refractivity contribution is 5.36. The van der Waals surface area contributed by atoms with Gasteiger partial charge >= 0.3 is 5.69 Å². The van der Waals surface area contributed by atoms with Gasteiger partial charge in [-0.1, -0.05) is 44.2 Å². The van der Waals surface area contributed by atoms with E-state index in [9.17, 15) is 9.59 Å². The van der Waals surface area contributed by atoms with E-state index in [1.807, 2.05) is 51.1 Å². The number of hydrogen-bond acceptors (Lipinski definition) is 3. The van der Waals surface area contributed by atoms with E-state index in [0.717, 1.165) is 18.4 Å². The maximum atomic E-state index is 12.2. The summed E-state index contributed by atoms with van der Waals surface area (Å²) in [5.41, 5.74) is 0.469. The molecule has 5 nitrogen and oxygen atoms in total. The largest absolute Gasteiger partial charge is 0.365 e. The summed E-state index contributed by atoms with van der Waals surface area (Å²) < 4.78 is 1.30. The first-order chi connectivity index (χ1) is 10.6. The normalized spacial score (nSPS) is 12.4. The van der Waals surface area contributed by atoms with E-state index in [1.54, 1.807) is 0 Å². The van der Waals surface area contributed by atoms with Crippen LogP contribution in [0.5, 0.6) is 0 Å². The highest BCUT2D eigenvalue weighted by Crippen LogP contribution is 2.16. The van der Waals surface area contributed by atoms with E-state index >= 15 is 0 Å². The van der Waals surface area contributed by atoms with Gasteiger partial charge in [0.05, 0.1) is 0 Å². The molecule has 0 bridgehead atoms. The number of anilines is 1. The summed E-state index contributed by atoms with van der Waals surface area (Å²) in [6.07, 6.45) is 1.51. The second-order valence-corrected chi connectivity index (χ2v) is 5.44. The van der Waals surface area contributed by atoms with Crippen LogP contribution in [-0.4, -0.2) is 9.55 Å². The molecule has 0 amide bonds. The summed E-state index contributed by atoms with van der Waals surface area (Å²) in [4.78, 5) is 27.2. The fourth-order valence-electron chi connectivity index (χ4n) is 2.64. The molecule has 2 N–H and O–H groups in total. The summed E-state index contributed by atoms with van der Waals surface area (Å²) in [5, 5.41) is 3.17. The molecule has 1 aromatic carbocycles.